The first-order chi connectivity index (χ1) is 9.51. The predicted molar refractivity (Wildman–Crippen MR) is 76.3 cm³/mol. The summed E-state index contributed by atoms with van der Waals surface area (Å²) in [4.78, 5) is 12.2. The summed E-state index contributed by atoms with van der Waals surface area (Å²) in [6.07, 6.45) is 0.746. The summed E-state index contributed by atoms with van der Waals surface area (Å²) in [6, 6.07) is 5.05. The van der Waals surface area contributed by atoms with Gasteiger partial charge >= 0.3 is 0 Å². The van der Waals surface area contributed by atoms with E-state index in [0.29, 0.717) is 17.0 Å². The molecule has 1 unspecified atom stereocenters. The number of rotatable bonds is 5. The van der Waals surface area contributed by atoms with Gasteiger partial charge in [0.15, 0.2) is 0 Å². The lowest BCUT2D eigenvalue weighted by molar-refractivity contribution is 0.0908. The summed E-state index contributed by atoms with van der Waals surface area (Å²) in [5.41, 5.74) is 2.09. The molecular formula is C14H20N4O2. The van der Waals surface area contributed by atoms with Crippen LogP contribution in [0.2, 0.25) is 0 Å². The maximum absolute atomic E-state index is 12.2. The maximum Gasteiger partial charge on any atom is 0.251 e. The molecule has 0 radical (unpaired) electrons. The van der Waals surface area contributed by atoms with E-state index in [1.165, 1.54) is 0 Å². The Morgan fingerprint density at radius 1 is 1.45 bits per heavy atom. The highest BCUT2D eigenvalue weighted by Gasteiger charge is 2.15. The molecule has 6 nitrogen and oxygen atoms in total. The molecule has 2 rings (SSSR count). The number of hydrogen-bond acceptors (Lipinski definition) is 4. The minimum absolute atomic E-state index is 0.0582. The summed E-state index contributed by atoms with van der Waals surface area (Å²) >= 11 is 0. The molecule has 0 saturated carbocycles. The Morgan fingerprint density at radius 3 is 2.85 bits per heavy atom. The van der Waals surface area contributed by atoms with Gasteiger partial charge in [-0.05, 0) is 30.5 Å². The lowest BCUT2D eigenvalue weighted by Gasteiger charge is -2.18. The standard InChI is InChI=1S/C14H20N4O2/c1-9(2)6-11(8-19)15-14(20)10-4-5-13-12(7-10)16-17-18(13)3/h4-5,7,9,11,19H,6,8H2,1-3H3,(H,15,20). The quantitative estimate of drug-likeness (QED) is 0.857. The topological polar surface area (TPSA) is 80.0 Å². The number of fused-ring (bicyclic) bond motifs is 1. The molecular weight excluding hydrogens is 256 g/mol. The number of amides is 1. The van der Waals surface area contributed by atoms with E-state index in [-0.39, 0.29) is 18.6 Å². The van der Waals surface area contributed by atoms with Crippen molar-refractivity contribution in [1.29, 1.82) is 0 Å². The third-order valence-electron chi connectivity index (χ3n) is 3.18. The molecule has 0 saturated heterocycles. The van der Waals surface area contributed by atoms with Crippen LogP contribution in [0.3, 0.4) is 0 Å². The zero-order valence-corrected chi connectivity index (χ0v) is 12.0. The van der Waals surface area contributed by atoms with Gasteiger partial charge in [-0.3, -0.25) is 4.79 Å². The first-order valence-electron chi connectivity index (χ1n) is 6.72. The van der Waals surface area contributed by atoms with E-state index < -0.39 is 0 Å². The van der Waals surface area contributed by atoms with Crippen molar-refractivity contribution < 1.29 is 9.90 Å². The van der Waals surface area contributed by atoms with Gasteiger partial charge in [-0.15, -0.1) is 5.10 Å². The highest BCUT2D eigenvalue weighted by Crippen LogP contribution is 2.13. The van der Waals surface area contributed by atoms with Crippen molar-refractivity contribution >= 4 is 16.9 Å². The van der Waals surface area contributed by atoms with Gasteiger partial charge in [0.2, 0.25) is 0 Å². The van der Waals surface area contributed by atoms with Crippen LogP contribution in [0, 0.1) is 5.92 Å². The highest BCUT2D eigenvalue weighted by molar-refractivity contribution is 5.97. The molecule has 1 amide bonds. The molecule has 2 aromatic rings. The number of aliphatic hydroxyl groups is 1. The van der Waals surface area contributed by atoms with Crippen molar-refractivity contribution in [1.82, 2.24) is 20.3 Å². The number of nitrogens with zero attached hydrogens (tertiary/aromatic N) is 3. The molecule has 0 spiro atoms. The van der Waals surface area contributed by atoms with Crippen LogP contribution in [0.15, 0.2) is 18.2 Å². The van der Waals surface area contributed by atoms with E-state index in [1.807, 2.05) is 6.07 Å². The summed E-state index contributed by atoms with van der Waals surface area (Å²) < 4.78 is 1.66. The Balaban J connectivity index is 2.14. The summed E-state index contributed by atoms with van der Waals surface area (Å²) in [7, 11) is 1.81. The number of hydrogen-bond donors (Lipinski definition) is 2. The number of carbonyl (C=O) groups is 1. The average Bonchev–Trinajstić information content (AvgIpc) is 2.78. The number of benzene rings is 1. The van der Waals surface area contributed by atoms with Gasteiger partial charge in [0.05, 0.1) is 18.2 Å². The Morgan fingerprint density at radius 2 is 2.20 bits per heavy atom. The Labute approximate surface area is 117 Å². The fourth-order valence-electron chi connectivity index (χ4n) is 2.20. The predicted octanol–water partition coefficient (Wildman–Crippen LogP) is 1.11. The minimum Gasteiger partial charge on any atom is -0.394 e. The van der Waals surface area contributed by atoms with Crippen LogP contribution in [0.4, 0.5) is 0 Å². The molecule has 0 aliphatic heterocycles. The Hall–Kier alpha value is -1.95. The van der Waals surface area contributed by atoms with Crippen LogP contribution in [-0.4, -0.2) is 38.7 Å². The SMILES string of the molecule is CC(C)CC(CO)NC(=O)c1ccc2c(c1)nnn2C. The summed E-state index contributed by atoms with van der Waals surface area (Å²) in [5.74, 6) is 0.215. The van der Waals surface area contributed by atoms with E-state index in [2.05, 4.69) is 29.5 Å². The molecule has 108 valence electrons. The van der Waals surface area contributed by atoms with Crippen molar-refractivity contribution in [2.75, 3.05) is 6.61 Å². The normalized spacial score (nSPS) is 12.8. The van der Waals surface area contributed by atoms with Gasteiger partial charge < -0.3 is 10.4 Å². The van der Waals surface area contributed by atoms with Gasteiger partial charge in [-0.1, -0.05) is 19.1 Å². The number of aryl methyl sites for hydroxylation is 1. The van der Waals surface area contributed by atoms with Gasteiger partial charge in [-0.2, -0.15) is 0 Å². The first kappa shape index (κ1) is 14.5. The monoisotopic (exact) mass is 276 g/mol. The largest absolute Gasteiger partial charge is 0.394 e. The molecule has 2 N–H and O–H groups in total. The summed E-state index contributed by atoms with van der Waals surface area (Å²) in [5, 5.41) is 20.0. The van der Waals surface area contributed by atoms with Crippen molar-refractivity contribution in [2.45, 2.75) is 26.3 Å². The maximum atomic E-state index is 12.2. The van der Waals surface area contributed by atoms with Crippen LogP contribution < -0.4 is 5.32 Å². The fourth-order valence-corrected chi connectivity index (χ4v) is 2.20. The van der Waals surface area contributed by atoms with Crippen LogP contribution in [-0.2, 0) is 7.05 Å². The van der Waals surface area contributed by atoms with E-state index in [0.717, 1.165) is 11.9 Å². The molecule has 20 heavy (non-hydrogen) atoms. The molecule has 0 aliphatic carbocycles. The zero-order valence-electron chi connectivity index (χ0n) is 12.0. The van der Waals surface area contributed by atoms with E-state index in [1.54, 1.807) is 23.9 Å². The number of aliphatic hydroxyl groups excluding tert-OH is 1. The van der Waals surface area contributed by atoms with E-state index in [4.69, 9.17) is 0 Å². The average molecular weight is 276 g/mol. The minimum atomic E-state index is -0.222. The molecule has 6 heteroatoms. The third-order valence-corrected chi connectivity index (χ3v) is 3.18. The highest BCUT2D eigenvalue weighted by atomic mass is 16.3. The van der Waals surface area contributed by atoms with Gasteiger partial charge in [0, 0.05) is 12.6 Å². The smallest absolute Gasteiger partial charge is 0.251 e. The van der Waals surface area contributed by atoms with Crippen LogP contribution in [0.5, 0.6) is 0 Å². The van der Waals surface area contributed by atoms with E-state index in [9.17, 15) is 9.90 Å². The molecule has 0 fully saturated rings. The molecule has 1 aromatic heterocycles. The lowest BCUT2D eigenvalue weighted by atomic mass is 10.0. The van der Waals surface area contributed by atoms with Crippen LogP contribution in [0.25, 0.3) is 11.0 Å². The zero-order chi connectivity index (χ0) is 14.7. The third kappa shape index (κ3) is 3.14. The molecule has 0 bridgehead atoms. The second kappa shape index (κ2) is 6.00. The number of nitrogens with one attached hydrogen (secondary N) is 1. The van der Waals surface area contributed by atoms with Gasteiger partial charge in [0.25, 0.3) is 5.91 Å². The van der Waals surface area contributed by atoms with Crippen molar-refractivity contribution in [3.63, 3.8) is 0 Å². The van der Waals surface area contributed by atoms with Crippen LogP contribution >= 0.6 is 0 Å². The second-order valence-corrected chi connectivity index (χ2v) is 5.40. The summed E-state index contributed by atoms with van der Waals surface area (Å²) in [6.45, 7) is 4.05. The second-order valence-electron chi connectivity index (χ2n) is 5.40. The van der Waals surface area contributed by atoms with Crippen molar-refractivity contribution in [3.8, 4) is 0 Å². The lowest BCUT2D eigenvalue weighted by Crippen LogP contribution is -2.38. The van der Waals surface area contributed by atoms with Crippen molar-refractivity contribution in [3.05, 3.63) is 23.8 Å². The first-order valence-corrected chi connectivity index (χ1v) is 6.72. The Bertz CT molecular complexity index is 606. The van der Waals surface area contributed by atoms with Crippen LogP contribution in [0.1, 0.15) is 30.6 Å². The van der Waals surface area contributed by atoms with Crippen molar-refractivity contribution in [2.24, 2.45) is 13.0 Å². The fraction of sp³-hybridized carbons (Fsp3) is 0.500. The van der Waals surface area contributed by atoms with Gasteiger partial charge in [0.1, 0.15) is 5.52 Å². The van der Waals surface area contributed by atoms with E-state index >= 15 is 0 Å². The Kier molecular flexibility index (Phi) is 4.34. The molecule has 1 heterocycles. The molecule has 0 aliphatic rings. The molecule has 1 aromatic carbocycles. The van der Waals surface area contributed by atoms with Gasteiger partial charge in [-0.25, -0.2) is 4.68 Å². The molecule has 1 atom stereocenters. The number of aromatic nitrogens is 3. The number of carbonyl (C=O) groups excluding carboxylic acids is 1.